The fourth-order valence-electron chi connectivity index (χ4n) is 4.92. The number of amides is 2. The third-order valence-corrected chi connectivity index (χ3v) is 6.67. The summed E-state index contributed by atoms with van der Waals surface area (Å²) in [5.74, 6) is 0.808. The van der Waals surface area contributed by atoms with Crippen LogP contribution in [0.25, 0.3) is 0 Å². The minimum absolute atomic E-state index is 0.0115. The highest BCUT2D eigenvalue weighted by Gasteiger charge is 2.35. The summed E-state index contributed by atoms with van der Waals surface area (Å²) in [6.07, 6.45) is 4.46. The highest BCUT2D eigenvalue weighted by atomic mass is 16.5. The third kappa shape index (κ3) is 5.93. The first-order valence-corrected chi connectivity index (χ1v) is 12.0. The van der Waals surface area contributed by atoms with Crippen LogP contribution in [-0.2, 0) is 22.6 Å². The number of nitrogens with zero attached hydrogens (tertiary/aromatic N) is 2. The SMILES string of the molecule is CN(C)C[C@@H]1COc2ccccc2CN1C(=O)[C@@H](Cc1ccccc1)NC(=O)C1CCCC1. The van der Waals surface area contributed by atoms with Gasteiger partial charge in [-0.15, -0.1) is 0 Å². The number of nitrogens with one attached hydrogen (secondary N) is 1. The van der Waals surface area contributed by atoms with E-state index < -0.39 is 6.04 Å². The van der Waals surface area contributed by atoms with Crippen LogP contribution in [0.1, 0.15) is 36.8 Å². The summed E-state index contributed by atoms with van der Waals surface area (Å²) in [6.45, 7) is 1.59. The van der Waals surface area contributed by atoms with E-state index in [9.17, 15) is 9.59 Å². The highest BCUT2D eigenvalue weighted by Crippen LogP contribution is 2.27. The molecule has 0 unspecified atom stereocenters. The molecule has 1 N–H and O–H groups in total. The smallest absolute Gasteiger partial charge is 0.246 e. The predicted octanol–water partition coefficient (Wildman–Crippen LogP) is 3.26. The van der Waals surface area contributed by atoms with Crippen molar-refractivity contribution in [2.45, 2.75) is 50.7 Å². The van der Waals surface area contributed by atoms with E-state index >= 15 is 0 Å². The van der Waals surface area contributed by atoms with Crippen LogP contribution < -0.4 is 10.1 Å². The largest absolute Gasteiger partial charge is 0.491 e. The van der Waals surface area contributed by atoms with Crippen molar-refractivity contribution < 1.29 is 14.3 Å². The molecule has 0 aromatic heterocycles. The van der Waals surface area contributed by atoms with E-state index in [4.69, 9.17) is 4.74 Å². The second kappa shape index (κ2) is 10.8. The first kappa shape index (κ1) is 23.3. The van der Waals surface area contributed by atoms with E-state index in [0.29, 0.717) is 26.1 Å². The Morgan fingerprint density at radius 1 is 1.06 bits per heavy atom. The standard InChI is InChI=1S/C27H35N3O3/c1-29(2)18-23-19-33-25-15-9-8-14-22(25)17-30(23)27(32)24(16-20-10-4-3-5-11-20)28-26(31)21-12-6-7-13-21/h3-5,8-11,14-15,21,23-24H,6-7,12-13,16-19H2,1-2H3,(H,28,31)/t23-,24-/m1/s1. The van der Waals surface area contributed by atoms with Crippen molar-refractivity contribution in [3.8, 4) is 5.75 Å². The summed E-state index contributed by atoms with van der Waals surface area (Å²) in [5.41, 5.74) is 2.03. The molecule has 33 heavy (non-hydrogen) atoms. The predicted molar refractivity (Wildman–Crippen MR) is 129 cm³/mol. The van der Waals surface area contributed by atoms with Gasteiger partial charge in [-0.3, -0.25) is 9.59 Å². The van der Waals surface area contributed by atoms with Crippen molar-refractivity contribution in [1.82, 2.24) is 15.1 Å². The zero-order chi connectivity index (χ0) is 23.2. The Kier molecular flexibility index (Phi) is 7.65. The van der Waals surface area contributed by atoms with E-state index in [1.165, 1.54) is 0 Å². The summed E-state index contributed by atoms with van der Waals surface area (Å²) < 4.78 is 6.09. The van der Waals surface area contributed by atoms with E-state index in [1.54, 1.807) is 0 Å². The minimum atomic E-state index is -0.601. The lowest BCUT2D eigenvalue weighted by Gasteiger charge is -2.34. The number of benzene rings is 2. The zero-order valence-electron chi connectivity index (χ0n) is 19.7. The highest BCUT2D eigenvalue weighted by molar-refractivity contribution is 5.89. The van der Waals surface area contributed by atoms with Crippen LogP contribution in [0.15, 0.2) is 54.6 Å². The maximum absolute atomic E-state index is 14.0. The van der Waals surface area contributed by atoms with E-state index in [2.05, 4.69) is 10.2 Å². The Morgan fingerprint density at radius 2 is 1.76 bits per heavy atom. The number of carbonyl (C=O) groups excluding carboxylic acids is 2. The second-order valence-electron chi connectivity index (χ2n) is 9.53. The number of ether oxygens (including phenoxy) is 1. The van der Waals surface area contributed by atoms with Crippen molar-refractivity contribution >= 4 is 11.8 Å². The molecule has 1 aliphatic carbocycles. The van der Waals surface area contributed by atoms with E-state index in [1.807, 2.05) is 73.6 Å². The molecule has 2 aromatic carbocycles. The number of hydrogen-bond acceptors (Lipinski definition) is 4. The second-order valence-corrected chi connectivity index (χ2v) is 9.53. The van der Waals surface area contributed by atoms with Gasteiger partial charge in [0.15, 0.2) is 0 Å². The maximum Gasteiger partial charge on any atom is 0.246 e. The van der Waals surface area contributed by atoms with Gasteiger partial charge in [-0.25, -0.2) is 0 Å². The Morgan fingerprint density at radius 3 is 2.48 bits per heavy atom. The molecule has 2 atom stereocenters. The van der Waals surface area contributed by atoms with Crippen LogP contribution in [0, 0.1) is 5.92 Å². The molecule has 0 bridgehead atoms. The van der Waals surface area contributed by atoms with E-state index in [0.717, 1.165) is 42.6 Å². The Labute approximate surface area is 196 Å². The van der Waals surface area contributed by atoms with Gasteiger partial charge in [0.1, 0.15) is 18.4 Å². The molecular formula is C27H35N3O3. The molecule has 6 nitrogen and oxygen atoms in total. The van der Waals surface area contributed by atoms with Gasteiger partial charge in [-0.05, 0) is 38.6 Å². The average molecular weight is 450 g/mol. The molecule has 1 heterocycles. The van der Waals surface area contributed by atoms with Crippen LogP contribution in [0.4, 0.5) is 0 Å². The van der Waals surface area contributed by atoms with Crippen molar-refractivity contribution in [1.29, 1.82) is 0 Å². The van der Waals surface area contributed by atoms with Gasteiger partial charge in [0, 0.05) is 31.0 Å². The average Bonchev–Trinajstić information content (AvgIpc) is 3.30. The van der Waals surface area contributed by atoms with E-state index in [-0.39, 0.29) is 23.8 Å². The van der Waals surface area contributed by atoms with Gasteiger partial charge in [-0.2, -0.15) is 0 Å². The molecule has 0 spiro atoms. The normalized spacial score (nSPS) is 19.5. The number of fused-ring (bicyclic) bond motifs is 1. The topological polar surface area (TPSA) is 61.9 Å². The monoisotopic (exact) mass is 449 g/mol. The number of para-hydroxylation sites is 1. The molecule has 6 heteroatoms. The van der Waals surface area contributed by atoms with Gasteiger partial charge < -0.3 is 19.9 Å². The summed E-state index contributed by atoms with van der Waals surface area (Å²) in [6, 6.07) is 17.1. The number of hydrogen-bond donors (Lipinski definition) is 1. The summed E-state index contributed by atoms with van der Waals surface area (Å²) in [7, 11) is 4.01. The first-order valence-electron chi connectivity index (χ1n) is 12.0. The number of likely N-dealkylation sites (N-methyl/N-ethyl adjacent to an activating group) is 1. The van der Waals surface area contributed by atoms with Gasteiger partial charge in [-0.1, -0.05) is 61.4 Å². The lowest BCUT2D eigenvalue weighted by atomic mass is 10.0. The van der Waals surface area contributed by atoms with Gasteiger partial charge in [0.05, 0.1) is 6.04 Å². The van der Waals surface area contributed by atoms with Crippen LogP contribution >= 0.6 is 0 Å². The molecule has 2 aliphatic rings. The first-order chi connectivity index (χ1) is 16.0. The molecule has 1 fully saturated rings. The molecule has 4 rings (SSSR count). The molecule has 1 aliphatic heterocycles. The number of carbonyl (C=O) groups is 2. The van der Waals surface area contributed by atoms with Crippen LogP contribution in [-0.4, -0.2) is 60.9 Å². The van der Waals surface area contributed by atoms with Gasteiger partial charge in [0.2, 0.25) is 11.8 Å². The van der Waals surface area contributed by atoms with Crippen LogP contribution in [0.5, 0.6) is 5.75 Å². The fraction of sp³-hybridized carbons (Fsp3) is 0.481. The van der Waals surface area contributed by atoms with Crippen molar-refractivity contribution in [2.75, 3.05) is 27.2 Å². The quantitative estimate of drug-likeness (QED) is 0.705. The third-order valence-electron chi connectivity index (χ3n) is 6.67. The van der Waals surface area contributed by atoms with Crippen LogP contribution in [0.2, 0.25) is 0 Å². The van der Waals surface area contributed by atoms with Crippen molar-refractivity contribution in [3.05, 3.63) is 65.7 Å². The lowest BCUT2D eigenvalue weighted by Crippen LogP contribution is -2.55. The van der Waals surface area contributed by atoms with Gasteiger partial charge >= 0.3 is 0 Å². The minimum Gasteiger partial charge on any atom is -0.491 e. The van der Waals surface area contributed by atoms with Crippen molar-refractivity contribution in [2.24, 2.45) is 5.92 Å². The maximum atomic E-state index is 14.0. The fourth-order valence-corrected chi connectivity index (χ4v) is 4.92. The molecule has 0 saturated heterocycles. The van der Waals surface area contributed by atoms with Crippen LogP contribution in [0.3, 0.4) is 0 Å². The van der Waals surface area contributed by atoms with Crippen molar-refractivity contribution in [3.63, 3.8) is 0 Å². The summed E-state index contributed by atoms with van der Waals surface area (Å²) in [5, 5.41) is 3.14. The molecular weight excluding hydrogens is 414 g/mol. The Bertz CT molecular complexity index is 941. The molecule has 0 radical (unpaired) electrons. The van der Waals surface area contributed by atoms with Gasteiger partial charge in [0.25, 0.3) is 0 Å². The molecule has 176 valence electrons. The lowest BCUT2D eigenvalue weighted by molar-refractivity contribution is -0.140. The Hall–Kier alpha value is -2.86. The summed E-state index contributed by atoms with van der Waals surface area (Å²) in [4.78, 5) is 31.1. The summed E-state index contributed by atoms with van der Waals surface area (Å²) >= 11 is 0. The Balaban J connectivity index is 1.61. The molecule has 2 aromatic rings. The molecule has 1 saturated carbocycles. The molecule has 2 amide bonds. The number of rotatable bonds is 7. The zero-order valence-corrected chi connectivity index (χ0v) is 19.7.